The van der Waals surface area contributed by atoms with Gasteiger partial charge in [-0.25, -0.2) is 13.4 Å². The normalized spacial score (nSPS) is 19.0. The molecule has 1 saturated heterocycles. The van der Waals surface area contributed by atoms with Crippen molar-refractivity contribution in [1.29, 1.82) is 0 Å². The summed E-state index contributed by atoms with van der Waals surface area (Å²) >= 11 is 0. The SMILES string of the molecule is CNc1ccc([C@H]2CCCN2S(=O)(=O)c2ccc(C)cc2)cn1. The van der Waals surface area contributed by atoms with Crippen molar-refractivity contribution in [1.82, 2.24) is 9.29 Å². The Morgan fingerprint density at radius 3 is 2.52 bits per heavy atom. The van der Waals surface area contributed by atoms with Gasteiger partial charge in [-0.15, -0.1) is 0 Å². The van der Waals surface area contributed by atoms with Crippen LogP contribution in [0.15, 0.2) is 47.5 Å². The van der Waals surface area contributed by atoms with Crippen LogP contribution < -0.4 is 5.32 Å². The van der Waals surface area contributed by atoms with Crippen molar-refractivity contribution in [2.75, 3.05) is 18.9 Å². The smallest absolute Gasteiger partial charge is 0.243 e. The molecule has 0 unspecified atom stereocenters. The van der Waals surface area contributed by atoms with Crippen molar-refractivity contribution < 1.29 is 8.42 Å². The first kappa shape index (κ1) is 16.0. The minimum absolute atomic E-state index is 0.139. The summed E-state index contributed by atoms with van der Waals surface area (Å²) in [6.07, 6.45) is 3.45. The highest BCUT2D eigenvalue weighted by Gasteiger charge is 2.36. The molecular weight excluding hydrogens is 310 g/mol. The molecule has 2 heterocycles. The predicted octanol–water partition coefficient (Wildman–Crippen LogP) is 2.96. The Morgan fingerprint density at radius 2 is 1.91 bits per heavy atom. The van der Waals surface area contributed by atoms with Gasteiger partial charge in [0.2, 0.25) is 10.0 Å². The van der Waals surface area contributed by atoms with Crippen molar-refractivity contribution in [3.05, 3.63) is 53.7 Å². The number of nitrogens with one attached hydrogen (secondary N) is 1. The van der Waals surface area contributed by atoms with Gasteiger partial charge in [0.1, 0.15) is 5.82 Å². The Hall–Kier alpha value is -1.92. The quantitative estimate of drug-likeness (QED) is 0.935. The second kappa shape index (κ2) is 6.29. The van der Waals surface area contributed by atoms with E-state index in [1.807, 2.05) is 38.2 Å². The number of hydrogen-bond donors (Lipinski definition) is 1. The fraction of sp³-hybridized carbons (Fsp3) is 0.353. The summed E-state index contributed by atoms with van der Waals surface area (Å²) in [5.74, 6) is 0.777. The van der Waals surface area contributed by atoms with Gasteiger partial charge in [-0.2, -0.15) is 4.31 Å². The van der Waals surface area contributed by atoms with Crippen LogP contribution in [-0.4, -0.2) is 31.3 Å². The minimum atomic E-state index is -3.48. The summed E-state index contributed by atoms with van der Waals surface area (Å²) in [5, 5.41) is 2.97. The number of sulfonamides is 1. The lowest BCUT2D eigenvalue weighted by Gasteiger charge is -2.24. The summed E-state index contributed by atoms with van der Waals surface area (Å²) in [7, 11) is -1.67. The zero-order chi connectivity index (χ0) is 16.4. The van der Waals surface area contributed by atoms with Crippen LogP contribution >= 0.6 is 0 Å². The number of anilines is 1. The Balaban J connectivity index is 1.92. The molecule has 5 nitrogen and oxygen atoms in total. The molecule has 0 saturated carbocycles. The first-order valence-electron chi connectivity index (χ1n) is 7.74. The Bertz CT molecular complexity index is 770. The van der Waals surface area contributed by atoms with E-state index in [0.717, 1.165) is 29.8 Å². The highest BCUT2D eigenvalue weighted by Crippen LogP contribution is 2.36. The van der Waals surface area contributed by atoms with Crippen LogP contribution in [0.4, 0.5) is 5.82 Å². The zero-order valence-corrected chi connectivity index (χ0v) is 14.2. The lowest BCUT2D eigenvalue weighted by Crippen LogP contribution is -2.30. The second-order valence-corrected chi connectivity index (χ2v) is 7.70. The minimum Gasteiger partial charge on any atom is -0.373 e. The zero-order valence-electron chi connectivity index (χ0n) is 13.4. The number of hydrogen-bond acceptors (Lipinski definition) is 4. The Morgan fingerprint density at radius 1 is 1.17 bits per heavy atom. The lowest BCUT2D eigenvalue weighted by atomic mass is 10.1. The largest absolute Gasteiger partial charge is 0.373 e. The van der Waals surface area contributed by atoms with Crippen LogP contribution in [0.25, 0.3) is 0 Å². The number of rotatable bonds is 4. The number of nitrogens with zero attached hydrogens (tertiary/aromatic N) is 2. The van der Waals surface area contributed by atoms with Crippen molar-refractivity contribution in [3.63, 3.8) is 0 Å². The maximum Gasteiger partial charge on any atom is 0.243 e. The van der Waals surface area contributed by atoms with E-state index in [0.29, 0.717) is 11.4 Å². The number of pyridine rings is 1. The van der Waals surface area contributed by atoms with Crippen molar-refractivity contribution in [2.45, 2.75) is 30.7 Å². The number of benzene rings is 1. The third-order valence-corrected chi connectivity index (χ3v) is 6.18. The van der Waals surface area contributed by atoms with Gasteiger partial charge in [0.05, 0.1) is 10.9 Å². The fourth-order valence-electron chi connectivity index (χ4n) is 2.96. The van der Waals surface area contributed by atoms with E-state index in [9.17, 15) is 8.42 Å². The number of aryl methyl sites for hydroxylation is 1. The van der Waals surface area contributed by atoms with Gasteiger partial charge >= 0.3 is 0 Å². The van der Waals surface area contributed by atoms with Crippen LogP contribution in [-0.2, 0) is 10.0 Å². The molecule has 0 spiro atoms. The summed E-state index contributed by atoms with van der Waals surface area (Å²) in [5.41, 5.74) is 1.99. The molecule has 0 bridgehead atoms. The van der Waals surface area contributed by atoms with Crippen molar-refractivity contribution in [2.24, 2.45) is 0 Å². The van der Waals surface area contributed by atoms with Gasteiger partial charge in [0, 0.05) is 19.8 Å². The molecule has 2 aromatic rings. The maximum absolute atomic E-state index is 12.9. The van der Waals surface area contributed by atoms with E-state index in [1.165, 1.54) is 0 Å². The molecule has 1 N–H and O–H groups in total. The summed E-state index contributed by atoms with van der Waals surface area (Å²) in [6, 6.07) is 10.7. The van der Waals surface area contributed by atoms with E-state index in [4.69, 9.17) is 0 Å². The second-order valence-electron chi connectivity index (χ2n) is 5.81. The van der Waals surface area contributed by atoms with Gasteiger partial charge in [-0.3, -0.25) is 0 Å². The van der Waals surface area contributed by atoms with E-state index in [-0.39, 0.29) is 6.04 Å². The van der Waals surface area contributed by atoms with Gasteiger partial charge < -0.3 is 5.32 Å². The number of aromatic nitrogens is 1. The fourth-order valence-corrected chi connectivity index (χ4v) is 4.64. The third-order valence-electron chi connectivity index (χ3n) is 4.26. The standard InChI is InChI=1S/C17H21N3O2S/c1-13-5-8-15(9-6-13)23(21,22)20-11-3-4-16(20)14-7-10-17(18-2)19-12-14/h5-10,12,16H,3-4,11H2,1-2H3,(H,18,19)/t16-/m1/s1. The molecule has 23 heavy (non-hydrogen) atoms. The molecule has 0 amide bonds. The molecular formula is C17H21N3O2S. The van der Waals surface area contributed by atoms with Gasteiger partial charge in [-0.05, 0) is 43.5 Å². The van der Waals surface area contributed by atoms with E-state index < -0.39 is 10.0 Å². The van der Waals surface area contributed by atoms with Crippen LogP contribution in [0.5, 0.6) is 0 Å². The van der Waals surface area contributed by atoms with Gasteiger partial charge in [0.15, 0.2) is 0 Å². The molecule has 6 heteroatoms. The summed E-state index contributed by atoms with van der Waals surface area (Å²) < 4.78 is 27.5. The van der Waals surface area contributed by atoms with Crippen molar-refractivity contribution in [3.8, 4) is 0 Å². The Labute approximate surface area is 137 Å². The molecule has 3 rings (SSSR count). The van der Waals surface area contributed by atoms with Crippen molar-refractivity contribution >= 4 is 15.8 Å². The molecule has 122 valence electrons. The maximum atomic E-state index is 12.9. The van der Waals surface area contributed by atoms with Gasteiger partial charge in [-0.1, -0.05) is 23.8 Å². The monoisotopic (exact) mass is 331 g/mol. The molecule has 1 aromatic carbocycles. The molecule has 1 atom stereocenters. The highest BCUT2D eigenvalue weighted by atomic mass is 32.2. The first-order valence-corrected chi connectivity index (χ1v) is 9.18. The summed E-state index contributed by atoms with van der Waals surface area (Å²) in [6.45, 7) is 2.50. The molecule has 0 radical (unpaired) electrons. The molecule has 1 aliphatic rings. The molecule has 1 fully saturated rings. The van der Waals surface area contributed by atoms with Crippen LogP contribution in [0, 0.1) is 6.92 Å². The summed E-state index contributed by atoms with van der Waals surface area (Å²) in [4.78, 5) is 4.67. The average molecular weight is 331 g/mol. The first-order chi connectivity index (χ1) is 11.0. The Kier molecular flexibility index (Phi) is 4.37. The van der Waals surface area contributed by atoms with Crippen LogP contribution in [0.1, 0.15) is 30.0 Å². The third kappa shape index (κ3) is 3.09. The van der Waals surface area contributed by atoms with E-state index >= 15 is 0 Å². The highest BCUT2D eigenvalue weighted by molar-refractivity contribution is 7.89. The van der Waals surface area contributed by atoms with Gasteiger partial charge in [0.25, 0.3) is 0 Å². The lowest BCUT2D eigenvalue weighted by molar-refractivity contribution is 0.396. The average Bonchev–Trinajstić information content (AvgIpc) is 3.06. The van der Waals surface area contributed by atoms with Crippen LogP contribution in [0.3, 0.4) is 0 Å². The molecule has 0 aliphatic carbocycles. The molecule has 1 aromatic heterocycles. The van der Waals surface area contributed by atoms with Crippen LogP contribution in [0.2, 0.25) is 0 Å². The topological polar surface area (TPSA) is 62.3 Å². The molecule has 1 aliphatic heterocycles. The predicted molar refractivity (Wildman–Crippen MR) is 90.8 cm³/mol. The van der Waals surface area contributed by atoms with E-state index in [2.05, 4.69) is 10.3 Å². The van der Waals surface area contributed by atoms with E-state index in [1.54, 1.807) is 22.6 Å².